The minimum absolute atomic E-state index is 0.0825. The van der Waals surface area contributed by atoms with Crippen LogP contribution in [0.15, 0.2) is 35.2 Å². The first-order chi connectivity index (χ1) is 17.7. The maximum atomic E-state index is 13.8. The third-order valence-corrected chi connectivity index (χ3v) is 9.96. The van der Waals surface area contributed by atoms with Crippen molar-refractivity contribution in [3.05, 3.63) is 58.4 Å². The molecule has 0 saturated heterocycles. The second-order valence-electron chi connectivity index (χ2n) is 9.99. The highest BCUT2D eigenvalue weighted by molar-refractivity contribution is 7.92. The van der Waals surface area contributed by atoms with Gasteiger partial charge in [-0.3, -0.25) is 9.59 Å². The lowest BCUT2D eigenvalue weighted by molar-refractivity contribution is -0.156. The molecule has 4 rings (SSSR count). The molecule has 2 saturated carbocycles. The van der Waals surface area contributed by atoms with Crippen LogP contribution in [0.2, 0.25) is 5.02 Å². The summed E-state index contributed by atoms with van der Waals surface area (Å²) in [6.07, 6.45) is 1.22. The maximum absolute atomic E-state index is 13.8. The number of fused-ring (bicyclic) bond motifs is 2. The van der Waals surface area contributed by atoms with E-state index in [1.54, 1.807) is 0 Å². The first kappa shape index (κ1) is 28.3. The molecule has 3 atom stereocenters. The van der Waals surface area contributed by atoms with Gasteiger partial charge in [-0.15, -0.1) is 0 Å². The van der Waals surface area contributed by atoms with Crippen molar-refractivity contribution >= 4 is 39.0 Å². The first-order valence-corrected chi connectivity index (χ1v) is 13.8. The largest absolute Gasteiger partial charge is 0.461 e. The fourth-order valence-corrected chi connectivity index (χ4v) is 8.28. The topological polar surface area (TPSA) is 136 Å². The number of hydrogen-bond acceptors (Lipinski definition) is 7. The van der Waals surface area contributed by atoms with E-state index >= 15 is 0 Å². The van der Waals surface area contributed by atoms with E-state index in [2.05, 4.69) is 5.32 Å². The number of halogens is 4. The molecule has 2 aromatic carbocycles. The number of ether oxygens (including phenoxy) is 1. The molecule has 38 heavy (non-hydrogen) atoms. The van der Waals surface area contributed by atoms with Crippen LogP contribution in [0.5, 0.6) is 0 Å². The number of carbonyl (C=O) groups excluding carboxylic acids is 2. The van der Waals surface area contributed by atoms with Crippen LogP contribution in [-0.4, -0.2) is 48.9 Å². The number of amides is 1. The Morgan fingerprint density at radius 1 is 1.16 bits per heavy atom. The van der Waals surface area contributed by atoms with E-state index in [4.69, 9.17) is 22.1 Å². The zero-order valence-electron chi connectivity index (χ0n) is 20.2. The van der Waals surface area contributed by atoms with E-state index in [-0.39, 0.29) is 40.6 Å². The number of sulfone groups is 1. The summed E-state index contributed by atoms with van der Waals surface area (Å²) in [4.78, 5) is 24.2. The Labute approximate surface area is 222 Å². The molecular formula is C25H26ClF3N2O6S. The quantitative estimate of drug-likeness (QED) is 0.340. The van der Waals surface area contributed by atoms with Crippen LogP contribution in [0, 0.1) is 29.3 Å². The molecule has 0 aliphatic heterocycles. The fourth-order valence-electron chi connectivity index (χ4n) is 5.44. The van der Waals surface area contributed by atoms with Gasteiger partial charge in [0.1, 0.15) is 12.6 Å². The van der Waals surface area contributed by atoms with Gasteiger partial charge in [-0.2, -0.15) is 0 Å². The summed E-state index contributed by atoms with van der Waals surface area (Å²) in [6, 6.07) is 3.87. The molecule has 4 N–H and O–H groups in total. The predicted octanol–water partition coefficient (Wildman–Crippen LogP) is 3.59. The molecule has 8 nitrogen and oxygen atoms in total. The average molecular weight is 575 g/mol. The van der Waals surface area contributed by atoms with Gasteiger partial charge in [-0.25, -0.2) is 21.6 Å². The lowest BCUT2D eigenvalue weighted by Gasteiger charge is -2.40. The van der Waals surface area contributed by atoms with Crippen LogP contribution < -0.4 is 11.1 Å². The van der Waals surface area contributed by atoms with E-state index in [1.807, 2.05) is 0 Å². The molecule has 0 spiro atoms. The zero-order valence-corrected chi connectivity index (χ0v) is 21.8. The molecule has 0 heterocycles. The van der Waals surface area contributed by atoms with Crippen LogP contribution in [0.4, 0.5) is 18.9 Å². The van der Waals surface area contributed by atoms with Crippen LogP contribution in [-0.2, 0) is 19.4 Å². The highest BCUT2D eigenvalue weighted by atomic mass is 35.5. The van der Waals surface area contributed by atoms with Crippen molar-refractivity contribution in [2.75, 3.05) is 11.9 Å². The zero-order chi connectivity index (χ0) is 28.0. The van der Waals surface area contributed by atoms with Crippen molar-refractivity contribution in [3.63, 3.8) is 0 Å². The van der Waals surface area contributed by atoms with Gasteiger partial charge < -0.3 is 20.9 Å². The van der Waals surface area contributed by atoms with E-state index in [0.29, 0.717) is 25.0 Å². The minimum Gasteiger partial charge on any atom is -0.461 e. The van der Waals surface area contributed by atoms with Crippen molar-refractivity contribution in [2.45, 2.75) is 54.4 Å². The Morgan fingerprint density at radius 3 is 2.29 bits per heavy atom. The van der Waals surface area contributed by atoms with E-state index in [0.717, 1.165) is 6.07 Å². The summed E-state index contributed by atoms with van der Waals surface area (Å²) in [5, 5.41) is 12.2. The van der Waals surface area contributed by atoms with Crippen molar-refractivity contribution in [3.8, 4) is 0 Å². The van der Waals surface area contributed by atoms with Gasteiger partial charge in [0.25, 0.3) is 5.91 Å². The molecular weight excluding hydrogens is 549 g/mol. The van der Waals surface area contributed by atoms with Crippen LogP contribution >= 0.6 is 11.6 Å². The third kappa shape index (κ3) is 5.54. The summed E-state index contributed by atoms with van der Waals surface area (Å²) in [7, 11) is -4.09. The van der Waals surface area contributed by atoms with Crippen LogP contribution in [0.25, 0.3) is 0 Å². The molecule has 2 bridgehead atoms. The van der Waals surface area contributed by atoms with Gasteiger partial charge in [0.05, 0.1) is 20.8 Å². The molecule has 2 aliphatic rings. The summed E-state index contributed by atoms with van der Waals surface area (Å²) in [5.74, 6) is -7.15. The van der Waals surface area contributed by atoms with E-state index < -0.39 is 67.9 Å². The van der Waals surface area contributed by atoms with Gasteiger partial charge in [0.2, 0.25) is 0 Å². The highest BCUT2D eigenvalue weighted by Crippen LogP contribution is 2.51. The van der Waals surface area contributed by atoms with Gasteiger partial charge in [0.15, 0.2) is 27.3 Å². The number of hydrogen-bond donors (Lipinski definition) is 3. The number of esters is 1. The summed E-state index contributed by atoms with van der Waals surface area (Å²) in [5.41, 5.74) is 3.58. The molecule has 2 unspecified atom stereocenters. The van der Waals surface area contributed by atoms with Crippen molar-refractivity contribution in [1.82, 2.24) is 0 Å². The molecule has 2 aromatic rings. The Balaban J connectivity index is 1.55. The molecule has 1 amide bonds. The molecule has 206 valence electrons. The second kappa shape index (κ2) is 10.5. The van der Waals surface area contributed by atoms with E-state index in [1.165, 1.54) is 19.1 Å². The Bertz CT molecular complexity index is 1350. The molecule has 2 fully saturated rings. The van der Waals surface area contributed by atoms with Gasteiger partial charge in [-0.05, 0) is 62.6 Å². The lowest BCUT2D eigenvalue weighted by atomic mass is 9.77. The standard InChI is InChI=1S/C25H26ClF3N2O6S/c1-12(30)24(33)37-11-25(34)9-14-2-3-15(10-25)22(14)38(35,36)20-6-13(4-5-17(20)26)23(32)31-16-7-18(27)21(29)19(28)8-16/h4-8,12,14-15,22,34H,2-3,9-11,30H2,1H3,(H,31,32)/t12-,14?,15?,22?,25?/m0/s1. The first-order valence-electron chi connectivity index (χ1n) is 11.9. The third-order valence-electron chi connectivity index (χ3n) is 7.08. The Kier molecular flexibility index (Phi) is 7.81. The molecule has 13 heteroatoms. The Hall–Kier alpha value is -2.67. The lowest BCUT2D eigenvalue weighted by Crippen LogP contribution is -2.49. The van der Waals surface area contributed by atoms with Crippen LogP contribution in [0.3, 0.4) is 0 Å². The minimum atomic E-state index is -4.09. The maximum Gasteiger partial charge on any atom is 0.322 e. The average Bonchev–Trinajstić information content (AvgIpc) is 3.14. The van der Waals surface area contributed by atoms with Crippen molar-refractivity contribution in [1.29, 1.82) is 0 Å². The molecule has 0 aromatic heterocycles. The summed E-state index contributed by atoms with van der Waals surface area (Å²) in [6.45, 7) is 1.15. The SMILES string of the molecule is C[C@H](N)C(=O)OCC1(O)CC2CCC(C1)C2S(=O)(=O)c1cc(C(=O)Nc2cc(F)c(F)c(F)c2)ccc1Cl. The molecule has 2 aliphatic carbocycles. The fraction of sp³-hybridized carbons (Fsp3) is 0.440. The number of rotatable bonds is 7. The number of aliphatic hydroxyl groups is 1. The number of nitrogens with one attached hydrogen (secondary N) is 1. The van der Waals surface area contributed by atoms with Crippen molar-refractivity contribution < 1.29 is 41.0 Å². The smallest absolute Gasteiger partial charge is 0.322 e. The molecule has 0 radical (unpaired) electrons. The predicted molar refractivity (Wildman–Crippen MR) is 132 cm³/mol. The Morgan fingerprint density at radius 2 is 1.74 bits per heavy atom. The number of benzene rings is 2. The summed E-state index contributed by atoms with van der Waals surface area (Å²) >= 11 is 6.24. The number of nitrogens with two attached hydrogens (primary N) is 1. The summed E-state index contributed by atoms with van der Waals surface area (Å²) < 4.78 is 72.9. The van der Waals surface area contributed by atoms with Crippen LogP contribution in [0.1, 0.15) is 43.0 Å². The monoisotopic (exact) mass is 574 g/mol. The van der Waals surface area contributed by atoms with Gasteiger partial charge in [0, 0.05) is 23.4 Å². The number of anilines is 1. The van der Waals surface area contributed by atoms with Crippen molar-refractivity contribution in [2.24, 2.45) is 17.6 Å². The van der Waals surface area contributed by atoms with Gasteiger partial charge >= 0.3 is 5.97 Å². The number of carbonyl (C=O) groups is 2. The van der Waals surface area contributed by atoms with E-state index in [9.17, 15) is 36.3 Å². The second-order valence-corrected chi connectivity index (χ2v) is 12.5. The highest BCUT2D eigenvalue weighted by Gasteiger charge is 2.54. The van der Waals surface area contributed by atoms with Gasteiger partial charge in [-0.1, -0.05) is 11.6 Å². The normalized spacial score (nSPS) is 25.6.